The molecule has 0 aromatic carbocycles. The van der Waals surface area contributed by atoms with E-state index in [0.717, 1.165) is 16.3 Å². The second-order valence-electron chi connectivity index (χ2n) is 4.06. The highest BCUT2D eigenvalue weighted by Gasteiger charge is 1.91. The Kier molecular flexibility index (Phi) is 4.78. The molecule has 0 bridgehead atoms. The lowest BCUT2D eigenvalue weighted by molar-refractivity contribution is 1.17. The highest BCUT2D eigenvalue weighted by atomic mass is 15.3. The van der Waals surface area contributed by atoms with Crippen molar-refractivity contribution in [3.63, 3.8) is 0 Å². The van der Waals surface area contributed by atoms with Gasteiger partial charge in [0.25, 0.3) is 0 Å². The van der Waals surface area contributed by atoms with Crippen LogP contribution in [0.25, 0.3) is 12.7 Å². The van der Waals surface area contributed by atoms with Gasteiger partial charge in [-0.25, -0.2) is 4.98 Å². The SMILES string of the molecule is C=c1ccc(N/N=C/c2ccccn2)n/c1=C/C=C\C. The molecular formula is C16H16N4. The van der Waals surface area contributed by atoms with E-state index in [9.17, 15) is 0 Å². The molecule has 4 nitrogen and oxygen atoms in total. The fourth-order valence-corrected chi connectivity index (χ4v) is 1.51. The van der Waals surface area contributed by atoms with Gasteiger partial charge in [-0.05, 0) is 42.5 Å². The molecule has 20 heavy (non-hydrogen) atoms. The Morgan fingerprint density at radius 2 is 2.15 bits per heavy atom. The molecule has 0 saturated heterocycles. The maximum Gasteiger partial charge on any atom is 0.146 e. The molecule has 0 atom stereocenters. The normalized spacial score (nSPS) is 12.3. The maximum absolute atomic E-state index is 4.43. The van der Waals surface area contributed by atoms with Crippen molar-refractivity contribution in [3.8, 4) is 0 Å². The summed E-state index contributed by atoms with van der Waals surface area (Å²) in [5.41, 5.74) is 3.67. The molecule has 0 radical (unpaired) electrons. The summed E-state index contributed by atoms with van der Waals surface area (Å²) in [4.78, 5) is 8.57. The number of hydrazone groups is 1. The number of aromatic nitrogens is 2. The number of rotatable bonds is 4. The van der Waals surface area contributed by atoms with Gasteiger partial charge in [0.05, 0.1) is 17.3 Å². The van der Waals surface area contributed by atoms with Gasteiger partial charge in [0, 0.05) is 6.20 Å². The van der Waals surface area contributed by atoms with Gasteiger partial charge in [0.2, 0.25) is 0 Å². The molecule has 0 aliphatic carbocycles. The number of hydrogen-bond acceptors (Lipinski definition) is 4. The van der Waals surface area contributed by atoms with Crippen LogP contribution in [0.5, 0.6) is 0 Å². The monoisotopic (exact) mass is 264 g/mol. The summed E-state index contributed by atoms with van der Waals surface area (Å²) in [5, 5.41) is 5.81. The lowest BCUT2D eigenvalue weighted by Gasteiger charge is -1.98. The van der Waals surface area contributed by atoms with Gasteiger partial charge < -0.3 is 0 Å². The Morgan fingerprint density at radius 3 is 2.90 bits per heavy atom. The first kappa shape index (κ1) is 13.7. The third-order valence-corrected chi connectivity index (χ3v) is 2.52. The van der Waals surface area contributed by atoms with E-state index in [1.807, 2.05) is 55.5 Å². The number of pyridine rings is 2. The van der Waals surface area contributed by atoms with E-state index in [1.165, 1.54) is 0 Å². The van der Waals surface area contributed by atoms with Gasteiger partial charge in [-0.2, -0.15) is 5.10 Å². The van der Waals surface area contributed by atoms with Gasteiger partial charge in [0.1, 0.15) is 5.82 Å². The molecule has 0 amide bonds. The minimum Gasteiger partial charge on any atom is -0.261 e. The first-order valence-corrected chi connectivity index (χ1v) is 6.29. The van der Waals surface area contributed by atoms with E-state index < -0.39 is 0 Å². The summed E-state index contributed by atoms with van der Waals surface area (Å²) >= 11 is 0. The number of anilines is 1. The Balaban J connectivity index is 2.15. The van der Waals surface area contributed by atoms with Gasteiger partial charge in [-0.3, -0.25) is 10.4 Å². The minimum atomic E-state index is 0.667. The molecule has 2 aromatic heterocycles. The molecule has 0 spiro atoms. The lowest BCUT2D eigenvalue weighted by Crippen LogP contribution is -2.26. The molecule has 2 aromatic rings. The highest BCUT2D eigenvalue weighted by Crippen LogP contribution is 1.95. The molecule has 0 aliphatic rings. The van der Waals surface area contributed by atoms with Gasteiger partial charge >= 0.3 is 0 Å². The second-order valence-corrected chi connectivity index (χ2v) is 4.06. The zero-order valence-electron chi connectivity index (χ0n) is 11.3. The van der Waals surface area contributed by atoms with Crippen LogP contribution in [0.4, 0.5) is 5.82 Å². The van der Waals surface area contributed by atoms with Crippen LogP contribution in [-0.2, 0) is 0 Å². The fourth-order valence-electron chi connectivity index (χ4n) is 1.51. The Labute approximate surface area is 117 Å². The summed E-state index contributed by atoms with van der Waals surface area (Å²) in [7, 11) is 0. The number of hydrogen-bond donors (Lipinski definition) is 1. The van der Waals surface area contributed by atoms with Gasteiger partial charge in [0.15, 0.2) is 0 Å². The van der Waals surface area contributed by atoms with Gasteiger partial charge in [-0.1, -0.05) is 24.8 Å². The van der Waals surface area contributed by atoms with Crippen LogP contribution in [0.1, 0.15) is 12.6 Å². The number of nitrogens with one attached hydrogen (secondary N) is 1. The molecule has 2 rings (SSSR count). The van der Waals surface area contributed by atoms with Gasteiger partial charge in [-0.15, -0.1) is 0 Å². The van der Waals surface area contributed by atoms with Crippen LogP contribution >= 0.6 is 0 Å². The molecule has 0 unspecified atom stereocenters. The van der Waals surface area contributed by atoms with Crippen molar-refractivity contribution in [1.29, 1.82) is 0 Å². The van der Waals surface area contributed by atoms with Crippen molar-refractivity contribution in [2.75, 3.05) is 5.43 Å². The average molecular weight is 264 g/mol. The third kappa shape index (κ3) is 3.88. The summed E-state index contributed by atoms with van der Waals surface area (Å²) in [6.45, 7) is 5.90. The van der Waals surface area contributed by atoms with E-state index in [0.29, 0.717) is 5.82 Å². The smallest absolute Gasteiger partial charge is 0.146 e. The number of nitrogens with zero attached hydrogens (tertiary/aromatic N) is 3. The van der Waals surface area contributed by atoms with Crippen molar-refractivity contribution in [2.24, 2.45) is 5.10 Å². The van der Waals surface area contributed by atoms with E-state index in [-0.39, 0.29) is 0 Å². The van der Waals surface area contributed by atoms with E-state index >= 15 is 0 Å². The first-order valence-electron chi connectivity index (χ1n) is 6.29. The van der Waals surface area contributed by atoms with Crippen molar-refractivity contribution in [2.45, 2.75) is 6.92 Å². The van der Waals surface area contributed by atoms with Crippen LogP contribution in [0, 0.1) is 0 Å². The summed E-state index contributed by atoms with van der Waals surface area (Å²) < 4.78 is 0. The zero-order valence-corrected chi connectivity index (χ0v) is 11.3. The third-order valence-electron chi connectivity index (χ3n) is 2.52. The summed E-state index contributed by atoms with van der Waals surface area (Å²) in [6.07, 6.45) is 9.16. The largest absolute Gasteiger partial charge is 0.261 e. The van der Waals surface area contributed by atoms with E-state index in [2.05, 4.69) is 27.1 Å². The van der Waals surface area contributed by atoms with Crippen LogP contribution in [0.15, 0.2) is 53.8 Å². The van der Waals surface area contributed by atoms with E-state index in [1.54, 1.807) is 12.4 Å². The predicted molar refractivity (Wildman–Crippen MR) is 83.7 cm³/mol. The average Bonchev–Trinajstić information content (AvgIpc) is 2.49. The molecule has 0 fully saturated rings. The zero-order chi connectivity index (χ0) is 14.2. The Hall–Kier alpha value is -2.75. The highest BCUT2D eigenvalue weighted by molar-refractivity contribution is 5.77. The molecule has 0 saturated carbocycles. The minimum absolute atomic E-state index is 0.667. The molecule has 1 N–H and O–H groups in total. The van der Waals surface area contributed by atoms with Crippen LogP contribution < -0.4 is 16.0 Å². The topological polar surface area (TPSA) is 50.2 Å². The maximum atomic E-state index is 4.43. The Morgan fingerprint density at radius 1 is 1.25 bits per heavy atom. The molecule has 4 heteroatoms. The molecular weight excluding hydrogens is 248 g/mol. The number of allylic oxidation sites excluding steroid dienone is 2. The molecule has 100 valence electrons. The molecule has 2 heterocycles. The standard InChI is InChI=1S/C16H16N4/c1-3-4-8-15-13(2)9-10-16(19-15)20-18-12-14-7-5-6-11-17-14/h3-12H,2H2,1H3,(H,19,20)/b4-3-,15-8+,18-12+. The second kappa shape index (κ2) is 6.99. The quantitative estimate of drug-likeness (QED) is 0.675. The summed E-state index contributed by atoms with van der Waals surface area (Å²) in [5.74, 6) is 0.667. The van der Waals surface area contributed by atoms with E-state index in [4.69, 9.17) is 0 Å². The van der Waals surface area contributed by atoms with Crippen molar-refractivity contribution >= 4 is 24.7 Å². The van der Waals surface area contributed by atoms with Crippen molar-refractivity contribution < 1.29 is 0 Å². The molecule has 0 aliphatic heterocycles. The Bertz CT molecular complexity index is 718. The predicted octanol–water partition coefficient (Wildman–Crippen LogP) is 1.69. The van der Waals surface area contributed by atoms with Crippen LogP contribution in [0.2, 0.25) is 0 Å². The van der Waals surface area contributed by atoms with Crippen molar-refractivity contribution in [3.05, 3.63) is 64.9 Å². The first-order chi connectivity index (χ1) is 9.79. The van der Waals surface area contributed by atoms with Crippen molar-refractivity contribution in [1.82, 2.24) is 9.97 Å². The fraction of sp³-hybridized carbons (Fsp3) is 0.0625. The summed E-state index contributed by atoms with van der Waals surface area (Å²) in [6, 6.07) is 9.39. The lowest BCUT2D eigenvalue weighted by atomic mass is 10.3. The van der Waals surface area contributed by atoms with Crippen LogP contribution in [-0.4, -0.2) is 16.2 Å². The van der Waals surface area contributed by atoms with Crippen LogP contribution in [0.3, 0.4) is 0 Å².